The van der Waals surface area contributed by atoms with Crippen molar-refractivity contribution in [3.8, 4) is 0 Å². The smallest absolute Gasteiger partial charge is 1.00 e. The van der Waals surface area contributed by atoms with Crippen LogP contribution in [-0.2, 0) is 21.3 Å². The van der Waals surface area contributed by atoms with Gasteiger partial charge in [0.15, 0.2) is 0 Å². The van der Waals surface area contributed by atoms with Gasteiger partial charge in [0.1, 0.15) is 0 Å². The van der Waals surface area contributed by atoms with E-state index in [1.165, 1.54) is 5.56 Å². The van der Waals surface area contributed by atoms with Gasteiger partial charge in [-0.15, -0.1) is 0 Å². The molecular weight excluding hydrogens is 458 g/mol. The Balaban J connectivity index is 0.00000169. The van der Waals surface area contributed by atoms with Gasteiger partial charge in [-0.25, -0.2) is 0 Å². The van der Waals surface area contributed by atoms with E-state index < -0.39 is 29.3 Å². The van der Waals surface area contributed by atoms with Gasteiger partial charge in [-0.3, -0.25) is 0 Å². The van der Waals surface area contributed by atoms with E-state index in [9.17, 15) is 5.11 Å². The molecule has 0 spiro atoms. The van der Waals surface area contributed by atoms with Gasteiger partial charge in [0.25, 0.3) is 0 Å². The van der Waals surface area contributed by atoms with Crippen molar-refractivity contribution in [1.29, 1.82) is 0 Å². The molecule has 26 heavy (non-hydrogen) atoms. The van der Waals surface area contributed by atoms with Crippen LogP contribution in [0, 0.1) is 0 Å². The first-order valence-corrected chi connectivity index (χ1v) is 16.0. The largest absolute Gasteiger partial charge is 1.00 e. The third-order valence-corrected chi connectivity index (χ3v) is 16.7. The van der Waals surface area contributed by atoms with Crippen LogP contribution in [0.5, 0.6) is 0 Å². The molecule has 140 valence electrons. The summed E-state index contributed by atoms with van der Waals surface area (Å²) in [5.74, 6) is 0. The molecule has 1 nitrogen and oxygen atoms in total. The van der Waals surface area contributed by atoms with Gasteiger partial charge >= 0.3 is 155 Å². The fraction of sp³-hybridized carbons (Fsp3) is 0.381. The van der Waals surface area contributed by atoms with E-state index in [0.29, 0.717) is 10.2 Å². The summed E-state index contributed by atoms with van der Waals surface area (Å²) < 4.78 is 4.10. The van der Waals surface area contributed by atoms with Crippen molar-refractivity contribution >= 4 is 17.4 Å². The van der Waals surface area contributed by atoms with E-state index in [1.54, 1.807) is 17.2 Å². The predicted molar refractivity (Wildman–Crippen MR) is 105 cm³/mol. The molecule has 0 radical (unpaired) electrons. The second kappa shape index (κ2) is 9.94. The number of halogens is 2. The molecule has 0 fully saturated rings. The molecule has 1 N–H and O–H groups in total. The van der Waals surface area contributed by atoms with Crippen molar-refractivity contribution in [3.05, 3.63) is 62.1 Å². The summed E-state index contributed by atoms with van der Waals surface area (Å²) >= 11 is -1.87. The molecule has 1 atom stereocenters. The molecule has 3 rings (SSSR count). The predicted octanol–water partition coefficient (Wildman–Crippen LogP) is -0.953. The molecule has 2 aliphatic carbocycles. The van der Waals surface area contributed by atoms with Gasteiger partial charge in [0.05, 0.1) is 0 Å². The van der Waals surface area contributed by atoms with Gasteiger partial charge in [-0.2, -0.15) is 0 Å². The van der Waals surface area contributed by atoms with Crippen molar-refractivity contribution in [3.63, 3.8) is 0 Å². The van der Waals surface area contributed by atoms with Crippen LogP contribution < -0.4 is 24.8 Å². The Hall–Kier alpha value is -0.0500. The van der Waals surface area contributed by atoms with Crippen LogP contribution in [0.4, 0.5) is 0 Å². The minimum absolute atomic E-state index is 0. The van der Waals surface area contributed by atoms with E-state index >= 15 is 0 Å². The third-order valence-electron chi connectivity index (χ3n) is 5.38. The van der Waals surface area contributed by atoms with Crippen LogP contribution in [0.1, 0.15) is 35.0 Å². The molecule has 1 aromatic rings. The summed E-state index contributed by atoms with van der Waals surface area (Å²) in [6, 6.07) is 9.89. The monoisotopic (exact) mass is 484 g/mol. The number of aliphatic hydroxyl groups is 1. The Morgan fingerprint density at radius 3 is 2.54 bits per heavy atom. The molecule has 2 aliphatic rings. The Morgan fingerprint density at radius 2 is 1.88 bits per heavy atom. The van der Waals surface area contributed by atoms with Crippen LogP contribution >= 0.6 is 0 Å². The number of aliphatic hydroxyl groups excluding tert-OH is 1. The summed E-state index contributed by atoms with van der Waals surface area (Å²) in [5.41, 5.74) is 2.97. The molecular formula is C21H28Cl2OSiZr. The fourth-order valence-corrected chi connectivity index (χ4v) is 14.1. The van der Waals surface area contributed by atoms with Crippen molar-refractivity contribution in [2.75, 3.05) is 6.61 Å². The number of hydrogen-bond acceptors (Lipinski definition) is 1. The topological polar surface area (TPSA) is 20.2 Å². The molecule has 0 aromatic heterocycles. The number of hydrogen-bond donors (Lipinski definition) is 1. The second-order valence-electron chi connectivity index (χ2n) is 7.77. The van der Waals surface area contributed by atoms with E-state index in [1.807, 2.05) is 0 Å². The summed E-state index contributed by atoms with van der Waals surface area (Å²) in [4.78, 5) is 0. The zero-order valence-electron chi connectivity index (χ0n) is 16.0. The van der Waals surface area contributed by atoms with Gasteiger partial charge in [-0.1, -0.05) is 0 Å². The zero-order chi connectivity index (χ0) is 17.3. The summed E-state index contributed by atoms with van der Waals surface area (Å²) in [6.07, 6.45) is 11.0. The summed E-state index contributed by atoms with van der Waals surface area (Å²) in [6.45, 7) is 9.83. The first kappa shape index (κ1) is 24.0. The maximum Gasteiger partial charge on any atom is -1.00 e. The van der Waals surface area contributed by atoms with Crippen molar-refractivity contribution in [1.82, 2.24) is 0 Å². The molecule has 1 unspecified atom stereocenters. The molecule has 0 heterocycles. The minimum Gasteiger partial charge on any atom is -1.00 e. The first-order chi connectivity index (χ1) is 11.4. The maximum atomic E-state index is 9.39. The van der Waals surface area contributed by atoms with Gasteiger partial charge in [0.2, 0.25) is 0 Å². The van der Waals surface area contributed by atoms with E-state index in [0.717, 1.165) is 12.5 Å². The minimum atomic E-state index is -1.87. The molecule has 0 saturated heterocycles. The molecule has 5 heteroatoms. The maximum absolute atomic E-state index is 9.39. The SMILES string of the molecule is C[C](C)=[Zr+2]([C]1=CC([Si](C)(C)CCO)=CC1)[CH]1C=Cc2ccccc21.[Cl-].[Cl-]. The van der Waals surface area contributed by atoms with Crippen LogP contribution in [0.25, 0.3) is 6.08 Å². The normalized spacial score (nSPS) is 17.3. The van der Waals surface area contributed by atoms with E-state index in [4.69, 9.17) is 0 Å². The van der Waals surface area contributed by atoms with Crippen molar-refractivity contribution < 1.29 is 51.2 Å². The molecule has 0 bridgehead atoms. The number of allylic oxidation sites excluding steroid dienone is 5. The third kappa shape index (κ3) is 4.86. The van der Waals surface area contributed by atoms with E-state index in [2.05, 4.69) is 75.5 Å². The number of fused-ring (bicyclic) bond motifs is 1. The quantitative estimate of drug-likeness (QED) is 0.532. The average Bonchev–Trinajstić information content (AvgIpc) is 3.16. The fourth-order valence-electron chi connectivity index (χ4n) is 3.94. The Kier molecular flexibility index (Phi) is 9.17. The van der Waals surface area contributed by atoms with Crippen LogP contribution in [0.15, 0.2) is 51.0 Å². The van der Waals surface area contributed by atoms with Crippen LogP contribution in [0.3, 0.4) is 0 Å². The number of benzene rings is 1. The number of rotatable bonds is 5. The van der Waals surface area contributed by atoms with E-state index in [-0.39, 0.29) is 24.8 Å². The van der Waals surface area contributed by atoms with Gasteiger partial charge in [-0.05, 0) is 0 Å². The van der Waals surface area contributed by atoms with Gasteiger partial charge in [0, 0.05) is 0 Å². The Morgan fingerprint density at radius 1 is 1.19 bits per heavy atom. The standard InChI is InChI=1S/C9H15OSi.C9H7.C3H6.2ClH.Zr/c1-11(2,8-7-10)9-5-3-4-6-9;1-2-5-9-7-3-6-8(9)4-1;1-3-2;;;/h5-6,10H,3,7-8H2,1-2H3;1-7H;1-2H3;2*1H;/q;;;;;+2/p-2. The second-order valence-corrected chi connectivity index (χ2v) is 20.2. The van der Waals surface area contributed by atoms with Crippen LogP contribution in [0.2, 0.25) is 19.1 Å². The molecule has 0 amide bonds. The van der Waals surface area contributed by atoms with Crippen molar-refractivity contribution in [2.45, 2.75) is 43.0 Å². The van der Waals surface area contributed by atoms with Crippen LogP contribution in [-0.4, -0.2) is 23.0 Å². The molecule has 0 aliphatic heterocycles. The summed E-state index contributed by atoms with van der Waals surface area (Å²) in [5, 5.41) is 11.0. The molecule has 0 saturated carbocycles. The molecule has 1 aromatic carbocycles. The first-order valence-electron chi connectivity index (χ1n) is 8.91. The van der Waals surface area contributed by atoms with Crippen molar-refractivity contribution in [2.24, 2.45) is 0 Å². The summed E-state index contributed by atoms with van der Waals surface area (Å²) in [7, 11) is -1.47. The van der Waals surface area contributed by atoms with Gasteiger partial charge < -0.3 is 24.8 Å². The average molecular weight is 487 g/mol. The Bertz CT molecular complexity index is 774. The Labute approximate surface area is 179 Å². The zero-order valence-corrected chi connectivity index (χ0v) is 21.0.